The van der Waals surface area contributed by atoms with Crippen LogP contribution in [-0.4, -0.2) is 64.3 Å². The van der Waals surface area contributed by atoms with Crippen LogP contribution in [-0.2, 0) is 16.1 Å². The summed E-state index contributed by atoms with van der Waals surface area (Å²) in [4.78, 5) is 17.9. The Labute approximate surface area is 179 Å². The first-order valence-corrected chi connectivity index (χ1v) is 8.99. The van der Waals surface area contributed by atoms with Gasteiger partial charge < -0.3 is 25.0 Å². The Morgan fingerprint density at radius 3 is 2.41 bits per heavy atom. The first-order chi connectivity index (χ1) is 12.6. The average molecular weight is 492 g/mol. The van der Waals surface area contributed by atoms with E-state index in [9.17, 15) is 4.79 Å². The summed E-state index contributed by atoms with van der Waals surface area (Å²) in [6, 6.07) is 7.82. The standard InChI is InChI=1S/C19H32N4O3.HI/c1-5-26-14-6-12-20-19(21-13-11-18(24)23(2)3)22-15-16-7-9-17(25-4)10-8-16;/h7-10H,5-6,11-15H2,1-4H3,(H2,20,21,22);1H. The fourth-order valence-corrected chi connectivity index (χ4v) is 2.11. The molecule has 0 radical (unpaired) electrons. The SMILES string of the molecule is CCOCCCNC(=NCc1ccc(OC)cc1)NCCC(=O)N(C)C.I. The minimum atomic E-state index is 0. The predicted molar refractivity (Wildman–Crippen MR) is 120 cm³/mol. The van der Waals surface area contributed by atoms with Crippen LogP contribution >= 0.6 is 24.0 Å². The van der Waals surface area contributed by atoms with Gasteiger partial charge in [0.2, 0.25) is 5.91 Å². The van der Waals surface area contributed by atoms with Gasteiger partial charge in [0.05, 0.1) is 13.7 Å². The number of nitrogens with zero attached hydrogens (tertiary/aromatic N) is 2. The number of methoxy groups -OCH3 is 1. The maximum Gasteiger partial charge on any atom is 0.223 e. The number of halogens is 1. The van der Waals surface area contributed by atoms with Crippen molar-refractivity contribution in [3.05, 3.63) is 29.8 Å². The van der Waals surface area contributed by atoms with Crippen LogP contribution in [0.4, 0.5) is 0 Å². The molecule has 0 spiro atoms. The van der Waals surface area contributed by atoms with Gasteiger partial charge in [-0.15, -0.1) is 24.0 Å². The fourth-order valence-electron chi connectivity index (χ4n) is 2.11. The van der Waals surface area contributed by atoms with Gasteiger partial charge >= 0.3 is 0 Å². The highest BCUT2D eigenvalue weighted by Gasteiger charge is 2.05. The summed E-state index contributed by atoms with van der Waals surface area (Å²) in [5.41, 5.74) is 1.09. The van der Waals surface area contributed by atoms with E-state index in [0.717, 1.165) is 30.9 Å². The van der Waals surface area contributed by atoms with Crippen molar-refractivity contribution in [3.8, 4) is 5.75 Å². The third-order valence-corrected chi connectivity index (χ3v) is 3.67. The molecule has 1 aromatic rings. The molecule has 154 valence electrons. The summed E-state index contributed by atoms with van der Waals surface area (Å²) >= 11 is 0. The molecule has 1 amide bonds. The molecule has 0 aliphatic heterocycles. The van der Waals surface area contributed by atoms with Gasteiger partial charge in [0, 0.05) is 46.8 Å². The van der Waals surface area contributed by atoms with Gasteiger partial charge in [-0.25, -0.2) is 4.99 Å². The Kier molecular flexibility index (Phi) is 14.6. The first-order valence-electron chi connectivity index (χ1n) is 8.99. The van der Waals surface area contributed by atoms with Gasteiger partial charge in [0.1, 0.15) is 5.75 Å². The van der Waals surface area contributed by atoms with Crippen molar-refractivity contribution < 1.29 is 14.3 Å². The molecule has 0 unspecified atom stereocenters. The van der Waals surface area contributed by atoms with Crippen LogP contribution in [0.3, 0.4) is 0 Å². The molecule has 8 heteroatoms. The highest BCUT2D eigenvalue weighted by Crippen LogP contribution is 2.11. The van der Waals surface area contributed by atoms with E-state index in [2.05, 4.69) is 15.6 Å². The van der Waals surface area contributed by atoms with Crippen molar-refractivity contribution >= 4 is 35.8 Å². The number of amides is 1. The summed E-state index contributed by atoms with van der Waals surface area (Å²) in [6.45, 7) is 5.27. The number of rotatable bonds is 11. The smallest absolute Gasteiger partial charge is 0.223 e. The normalized spacial score (nSPS) is 10.7. The zero-order valence-corrected chi connectivity index (χ0v) is 19.1. The van der Waals surface area contributed by atoms with Crippen LogP contribution in [0.2, 0.25) is 0 Å². The third-order valence-electron chi connectivity index (χ3n) is 3.67. The van der Waals surface area contributed by atoms with Gasteiger partial charge in [-0.3, -0.25) is 4.79 Å². The molecule has 0 heterocycles. The molecule has 1 aromatic carbocycles. The Morgan fingerprint density at radius 1 is 1.15 bits per heavy atom. The number of aliphatic imine (C=N–C) groups is 1. The molecular formula is C19H33IN4O3. The van der Waals surface area contributed by atoms with Crippen LogP contribution in [0.25, 0.3) is 0 Å². The lowest BCUT2D eigenvalue weighted by Crippen LogP contribution is -2.40. The predicted octanol–water partition coefficient (Wildman–Crippen LogP) is 2.25. The summed E-state index contributed by atoms with van der Waals surface area (Å²) < 4.78 is 10.5. The fraction of sp³-hybridized carbons (Fsp3) is 0.579. The van der Waals surface area contributed by atoms with Crippen LogP contribution in [0, 0.1) is 0 Å². The maximum atomic E-state index is 11.7. The number of carbonyl (C=O) groups excluding carboxylic acids is 1. The van der Waals surface area contributed by atoms with Crippen LogP contribution in [0.15, 0.2) is 29.3 Å². The second kappa shape index (κ2) is 15.5. The number of hydrogen-bond donors (Lipinski definition) is 2. The minimum Gasteiger partial charge on any atom is -0.497 e. The highest BCUT2D eigenvalue weighted by molar-refractivity contribution is 14.0. The summed E-state index contributed by atoms with van der Waals surface area (Å²) in [6.07, 6.45) is 1.32. The number of nitrogens with one attached hydrogen (secondary N) is 2. The largest absolute Gasteiger partial charge is 0.497 e. The molecule has 1 rings (SSSR count). The number of benzene rings is 1. The maximum absolute atomic E-state index is 11.7. The molecule has 0 aliphatic carbocycles. The van der Waals surface area contributed by atoms with Gasteiger partial charge in [0.25, 0.3) is 0 Å². The Bertz CT molecular complexity index is 550. The topological polar surface area (TPSA) is 75.2 Å². The van der Waals surface area contributed by atoms with Crippen molar-refractivity contribution in [2.45, 2.75) is 26.3 Å². The molecule has 0 aromatic heterocycles. The number of guanidine groups is 1. The third kappa shape index (κ3) is 11.7. The van der Waals surface area contributed by atoms with Crippen molar-refractivity contribution in [2.75, 3.05) is 47.5 Å². The second-order valence-electron chi connectivity index (χ2n) is 5.96. The highest BCUT2D eigenvalue weighted by atomic mass is 127. The van der Waals surface area contributed by atoms with Crippen LogP contribution in [0.1, 0.15) is 25.3 Å². The van der Waals surface area contributed by atoms with E-state index in [-0.39, 0.29) is 29.9 Å². The molecule has 7 nitrogen and oxygen atoms in total. The zero-order valence-electron chi connectivity index (χ0n) is 16.8. The van der Waals surface area contributed by atoms with Crippen molar-refractivity contribution in [1.29, 1.82) is 0 Å². The van der Waals surface area contributed by atoms with Crippen molar-refractivity contribution in [1.82, 2.24) is 15.5 Å². The first kappa shape index (κ1) is 25.4. The van der Waals surface area contributed by atoms with Gasteiger partial charge in [0.15, 0.2) is 5.96 Å². The quantitative estimate of drug-likeness (QED) is 0.215. The van der Waals surface area contributed by atoms with E-state index in [4.69, 9.17) is 9.47 Å². The van der Waals surface area contributed by atoms with E-state index in [1.54, 1.807) is 26.1 Å². The second-order valence-corrected chi connectivity index (χ2v) is 5.96. The molecule has 0 fully saturated rings. The monoisotopic (exact) mass is 492 g/mol. The van der Waals surface area contributed by atoms with E-state index in [1.807, 2.05) is 31.2 Å². The molecule has 0 saturated carbocycles. The summed E-state index contributed by atoms with van der Waals surface area (Å²) in [7, 11) is 5.16. The number of hydrogen-bond acceptors (Lipinski definition) is 4. The van der Waals surface area contributed by atoms with Crippen molar-refractivity contribution in [3.63, 3.8) is 0 Å². The Hall–Kier alpha value is -1.55. The summed E-state index contributed by atoms with van der Waals surface area (Å²) in [5.74, 6) is 1.61. The number of ether oxygens (including phenoxy) is 2. The molecule has 0 aliphatic rings. The van der Waals surface area contributed by atoms with Gasteiger partial charge in [-0.2, -0.15) is 0 Å². The van der Waals surface area contributed by atoms with E-state index < -0.39 is 0 Å². The summed E-state index contributed by atoms with van der Waals surface area (Å²) in [5, 5.41) is 6.50. The van der Waals surface area contributed by atoms with Crippen molar-refractivity contribution in [2.24, 2.45) is 4.99 Å². The van der Waals surface area contributed by atoms with E-state index >= 15 is 0 Å². The lowest BCUT2D eigenvalue weighted by Gasteiger charge is -2.14. The molecule has 2 N–H and O–H groups in total. The molecule has 0 bridgehead atoms. The van der Waals surface area contributed by atoms with E-state index in [1.165, 1.54) is 0 Å². The Morgan fingerprint density at radius 2 is 1.81 bits per heavy atom. The molecular weight excluding hydrogens is 459 g/mol. The molecule has 0 atom stereocenters. The van der Waals surface area contributed by atoms with Crippen LogP contribution < -0.4 is 15.4 Å². The zero-order chi connectivity index (χ0) is 19.2. The molecule has 27 heavy (non-hydrogen) atoms. The van der Waals surface area contributed by atoms with Crippen LogP contribution in [0.5, 0.6) is 5.75 Å². The number of carbonyl (C=O) groups is 1. The average Bonchev–Trinajstić information content (AvgIpc) is 2.65. The minimum absolute atomic E-state index is 0. The lowest BCUT2D eigenvalue weighted by molar-refractivity contribution is -0.128. The van der Waals surface area contributed by atoms with Gasteiger partial charge in [-0.1, -0.05) is 12.1 Å². The molecule has 0 saturated heterocycles. The Balaban J connectivity index is 0.00000676. The van der Waals surface area contributed by atoms with Gasteiger partial charge in [-0.05, 0) is 31.0 Å². The lowest BCUT2D eigenvalue weighted by atomic mass is 10.2. The van der Waals surface area contributed by atoms with E-state index in [0.29, 0.717) is 32.1 Å².